The third-order valence-corrected chi connectivity index (χ3v) is 5.91. The number of carbonyl (C=O) groups excluding carboxylic acids is 1. The highest BCUT2D eigenvalue weighted by atomic mass is 35.5. The van der Waals surface area contributed by atoms with E-state index in [9.17, 15) is 9.18 Å². The maximum atomic E-state index is 12.7. The summed E-state index contributed by atoms with van der Waals surface area (Å²) in [6, 6.07) is 7.55. The lowest BCUT2D eigenvalue weighted by atomic mass is 10.2. The Morgan fingerprint density at radius 2 is 1.85 bits per heavy atom. The number of amides is 1. The summed E-state index contributed by atoms with van der Waals surface area (Å²) in [4.78, 5) is 30.1. The second-order valence-electron chi connectivity index (χ2n) is 7.83. The van der Waals surface area contributed by atoms with E-state index in [-0.39, 0.29) is 25.0 Å². The zero-order valence-corrected chi connectivity index (χ0v) is 20.3. The van der Waals surface area contributed by atoms with Gasteiger partial charge in [0.2, 0.25) is 5.91 Å². The molecule has 3 aromatic rings. The van der Waals surface area contributed by atoms with Gasteiger partial charge in [0.25, 0.3) is 0 Å². The maximum absolute atomic E-state index is 12.7. The van der Waals surface area contributed by atoms with Crippen LogP contribution in [0.1, 0.15) is 12.7 Å². The average Bonchev–Trinajstić information content (AvgIpc) is 3.12. The number of halogens is 3. The van der Waals surface area contributed by atoms with Crippen molar-refractivity contribution in [1.29, 1.82) is 0 Å². The molecule has 1 amide bonds. The van der Waals surface area contributed by atoms with Crippen LogP contribution < -0.4 is 10.2 Å². The molecule has 0 spiro atoms. The minimum atomic E-state index is -0.337. The van der Waals surface area contributed by atoms with Crippen LogP contribution in [0.2, 0.25) is 5.02 Å². The number of benzene rings is 1. The standard InChI is InChI=1S/C22H27ClFN7O.ClH/c1-15-26-21(30-13-11-29(9-7-24)12-14-30)19-22(27-15)31(10-8-25-16(2)32)20(28-19)17-5-3-4-6-18(17)23;/h3-6H,7-14H2,1-2H3,(H,25,32);1H. The van der Waals surface area contributed by atoms with Gasteiger partial charge in [-0.05, 0) is 19.1 Å². The summed E-state index contributed by atoms with van der Waals surface area (Å²) in [6.45, 7) is 7.45. The van der Waals surface area contributed by atoms with Crippen LogP contribution in [-0.2, 0) is 11.3 Å². The normalized spacial score (nSPS) is 14.4. The van der Waals surface area contributed by atoms with E-state index in [1.165, 1.54) is 6.92 Å². The van der Waals surface area contributed by atoms with Crippen LogP contribution in [0.25, 0.3) is 22.6 Å². The van der Waals surface area contributed by atoms with Crippen LogP contribution in [-0.4, -0.2) is 76.3 Å². The van der Waals surface area contributed by atoms with Gasteiger partial charge >= 0.3 is 0 Å². The van der Waals surface area contributed by atoms with E-state index in [0.717, 1.165) is 37.6 Å². The second-order valence-corrected chi connectivity index (χ2v) is 8.24. The molecule has 8 nitrogen and oxygen atoms in total. The van der Waals surface area contributed by atoms with Gasteiger partial charge in [-0.25, -0.2) is 19.3 Å². The minimum Gasteiger partial charge on any atom is -0.355 e. The van der Waals surface area contributed by atoms with E-state index < -0.39 is 0 Å². The predicted molar refractivity (Wildman–Crippen MR) is 131 cm³/mol. The molecule has 1 N–H and O–H groups in total. The number of nitrogens with zero attached hydrogens (tertiary/aromatic N) is 6. The average molecular weight is 496 g/mol. The summed E-state index contributed by atoms with van der Waals surface area (Å²) in [5.41, 5.74) is 2.21. The van der Waals surface area contributed by atoms with Gasteiger partial charge in [0, 0.05) is 58.3 Å². The molecule has 1 fully saturated rings. The first kappa shape index (κ1) is 25.1. The number of hydrogen-bond acceptors (Lipinski definition) is 6. The highest BCUT2D eigenvalue weighted by Gasteiger charge is 2.25. The molecule has 1 aromatic carbocycles. The zero-order valence-electron chi connectivity index (χ0n) is 18.7. The van der Waals surface area contributed by atoms with Crippen molar-refractivity contribution in [3.8, 4) is 11.4 Å². The Morgan fingerprint density at radius 3 is 2.52 bits per heavy atom. The van der Waals surface area contributed by atoms with Crippen molar-refractivity contribution in [3.05, 3.63) is 35.1 Å². The Hall–Kier alpha value is -2.49. The van der Waals surface area contributed by atoms with Crippen molar-refractivity contribution in [1.82, 2.24) is 29.7 Å². The Labute approximate surface area is 203 Å². The number of rotatable bonds is 7. The third-order valence-electron chi connectivity index (χ3n) is 5.58. The van der Waals surface area contributed by atoms with E-state index >= 15 is 0 Å². The number of carbonyl (C=O) groups is 1. The van der Waals surface area contributed by atoms with Crippen molar-refractivity contribution in [2.24, 2.45) is 0 Å². The van der Waals surface area contributed by atoms with E-state index in [1.807, 2.05) is 35.8 Å². The summed E-state index contributed by atoms with van der Waals surface area (Å²) in [5.74, 6) is 2.02. The fraction of sp³-hybridized carbons (Fsp3) is 0.455. The first-order valence-corrected chi connectivity index (χ1v) is 11.1. The molecule has 0 atom stereocenters. The molecule has 0 unspecified atom stereocenters. The Balaban J connectivity index is 0.00000306. The van der Waals surface area contributed by atoms with E-state index in [0.29, 0.717) is 47.5 Å². The highest BCUT2D eigenvalue weighted by Crippen LogP contribution is 2.32. The maximum Gasteiger partial charge on any atom is 0.216 e. The van der Waals surface area contributed by atoms with Gasteiger partial charge in [0.1, 0.15) is 18.3 Å². The quantitative estimate of drug-likeness (QED) is 0.542. The first-order chi connectivity index (χ1) is 15.5. The molecule has 1 saturated heterocycles. The summed E-state index contributed by atoms with van der Waals surface area (Å²) in [7, 11) is 0. The van der Waals surface area contributed by atoms with Gasteiger partial charge in [0.15, 0.2) is 17.0 Å². The summed E-state index contributed by atoms with van der Waals surface area (Å²) in [5, 5.41) is 3.43. The minimum absolute atomic E-state index is 0. The largest absolute Gasteiger partial charge is 0.355 e. The van der Waals surface area contributed by atoms with Crippen molar-refractivity contribution in [2.75, 3.05) is 50.8 Å². The molecule has 11 heteroatoms. The molecular formula is C22H28Cl2FN7O. The van der Waals surface area contributed by atoms with Crippen LogP contribution >= 0.6 is 24.0 Å². The summed E-state index contributed by atoms with van der Waals surface area (Å²) < 4.78 is 14.7. The van der Waals surface area contributed by atoms with Crippen molar-refractivity contribution in [3.63, 3.8) is 0 Å². The van der Waals surface area contributed by atoms with Gasteiger partial charge in [-0.1, -0.05) is 23.7 Å². The number of anilines is 1. The fourth-order valence-electron chi connectivity index (χ4n) is 4.02. The van der Waals surface area contributed by atoms with Gasteiger partial charge in [-0.2, -0.15) is 0 Å². The number of aromatic nitrogens is 4. The van der Waals surface area contributed by atoms with Crippen LogP contribution in [0.4, 0.5) is 10.2 Å². The van der Waals surface area contributed by atoms with Gasteiger partial charge in [-0.15, -0.1) is 12.4 Å². The molecule has 1 aliphatic rings. The number of alkyl halides is 1. The third kappa shape index (κ3) is 5.54. The predicted octanol–water partition coefficient (Wildman–Crippen LogP) is 3.10. The lowest BCUT2D eigenvalue weighted by Gasteiger charge is -2.34. The zero-order chi connectivity index (χ0) is 22.7. The molecule has 0 aliphatic carbocycles. The highest BCUT2D eigenvalue weighted by molar-refractivity contribution is 6.33. The van der Waals surface area contributed by atoms with Crippen LogP contribution in [0.5, 0.6) is 0 Å². The van der Waals surface area contributed by atoms with Crippen molar-refractivity contribution >= 4 is 46.9 Å². The summed E-state index contributed by atoms with van der Waals surface area (Å²) >= 11 is 6.50. The number of aryl methyl sites for hydroxylation is 1. The summed E-state index contributed by atoms with van der Waals surface area (Å²) in [6.07, 6.45) is 0. The molecule has 3 heterocycles. The molecule has 0 radical (unpaired) electrons. The molecular weight excluding hydrogens is 468 g/mol. The first-order valence-electron chi connectivity index (χ1n) is 10.8. The number of imidazole rings is 1. The molecule has 0 saturated carbocycles. The van der Waals surface area contributed by atoms with Gasteiger partial charge in [0.05, 0.1) is 5.02 Å². The smallest absolute Gasteiger partial charge is 0.216 e. The van der Waals surface area contributed by atoms with Crippen LogP contribution in [0, 0.1) is 6.92 Å². The van der Waals surface area contributed by atoms with Crippen LogP contribution in [0.3, 0.4) is 0 Å². The molecule has 33 heavy (non-hydrogen) atoms. The van der Waals surface area contributed by atoms with Gasteiger partial charge < -0.3 is 14.8 Å². The Morgan fingerprint density at radius 1 is 1.12 bits per heavy atom. The number of hydrogen-bond donors (Lipinski definition) is 1. The molecule has 1 aliphatic heterocycles. The van der Waals surface area contributed by atoms with Crippen LogP contribution in [0.15, 0.2) is 24.3 Å². The molecule has 4 rings (SSSR count). The second kappa shape index (κ2) is 11.1. The monoisotopic (exact) mass is 495 g/mol. The Kier molecular flexibility index (Phi) is 8.45. The molecule has 0 bridgehead atoms. The topological polar surface area (TPSA) is 79.2 Å². The number of piperazine rings is 1. The molecule has 178 valence electrons. The lowest BCUT2D eigenvalue weighted by molar-refractivity contribution is -0.118. The van der Waals surface area contributed by atoms with E-state index in [2.05, 4.69) is 15.1 Å². The SMILES string of the molecule is CC(=O)NCCn1c(-c2ccccc2Cl)nc2c(N3CCN(CCF)CC3)nc(C)nc21.Cl. The van der Waals surface area contributed by atoms with Crippen molar-refractivity contribution < 1.29 is 9.18 Å². The number of fused-ring (bicyclic) bond motifs is 1. The number of nitrogens with one attached hydrogen (secondary N) is 1. The molecule has 2 aromatic heterocycles. The lowest BCUT2D eigenvalue weighted by Crippen LogP contribution is -2.47. The van der Waals surface area contributed by atoms with Crippen molar-refractivity contribution in [2.45, 2.75) is 20.4 Å². The van der Waals surface area contributed by atoms with E-state index in [1.54, 1.807) is 0 Å². The van der Waals surface area contributed by atoms with E-state index in [4.69, 9.17) is 26.6 Å². The fourth-order valence-corrected chi connectivity index (χ4v) is 4.24. The Bertz CT molecular complexity index is 1120. The van der Waals surface area contributed by atoms with Gasteiger partial charge in [-0.3, -0.25) is 9.69 Å².